The zero-order chi connectivity index (χ0) is 31.6. The Morgan fingerprint density at radius 1 is 0.978 bits per heavy atom. The molecule has 0 fully saturated rings. The second-order valence-corrected chi connectivity index (χ2v) is 12.4. The van der Waals surface area contributed by atoms with Gasteiger partial charge in [0.2, 0.25) is 10.0 Å². The average Bonchev–Trinajstić information content (AvgIpc) is 3.59. The number of aromatic amines is 1. The van der Waals surface area contributed by atoms with Crippen LogP contribution in [0.2, 0.25) is 0 Å². The third kappa shape index (κ3) is 4.68. The number of benzene rings is 3. The van der Waals surface area contributed by atoms with E-state index in [1.165, 1.54) is 66.9 Å². The van der Waals surface area contributed by atoms with Crippen LogP contribution in [-0.2, 0) is 10.0 Å². The minimum atomic E-state index is -3.78. The van der Waals surface area contributed by atoms with Crippen molar-refractivity contribution in [1.82, 2.24) is 19.7 Å². The van der Waals surface area contributed by atoms with Gasteiger partial charge in [-0.25, -0.2) is 27.0 Å². The highest BCUT2D eigenvalue weighted by molar-refractivity contribution is 7.92. The molecule has 0 radical (unpaired) electrons. The summed E-state index contributed by atoms with van der Waals surface area (Å²) in [6.45, 7) is 1.49. The minimum absolute atomic E-state index is 0.141. The molecular weight excluding hydrogens is 604 g/mol. The molecule has 0 saturated heterocycles. The summed E-state index contributed by atoms with van der Waals surface area (Å²) in [6, 6.07) is 17.5. The van der Waals surface area contributed by atoms with E-state index >= 15 is 0 Å². The van der Waals surface area contributed by atoms with Gasteiger partial charge in [-0.15, -0.1) is 0 Å². The lowest BCUT2D eigenvalue weighted by atomic mass is 10.0. The van der Waals surface area contributed by atoms with E-state index in [-0.39, 0.29) is 28.3 Å². The molecule has 4 aromatic heterocycles. The number of carbonyl (C=O) groups excluding carboxylic acids is 1. The Morgan fingerprint density at radius 2 is 1.73 bits per heavy atom. The van der Waals surface area contributed by atoms with Crippen molar-refractivity contribution < 1.29 is 26.4 Å². The van der Waals surface area contributed by atoms with Crippen LogP contribution in [0.5, 0.6) is 0 Å². The zero-order valence-corrected chi connectivity index (χ0v) is 24.6. The van der Waals surface area contributed by atoms with Crippen LogP contribution in [0.25, 0.3) is 61.0 Å². The van der Waals surface area contributed by atoms with Crippen LogP contribution in [0.3, 0.4) is 0 Å². The first-order valence-corrected chi connectivity index (χ1v) is 15.5. The van der Waals surface area contributed by atoms with E-state index < -0.39 is 33.3 Å². The van der Waals surface area contributed by atoms with Gasteiger partial charge in [0, 0.05) is 35.0 Å². The van der Waals surface area contributed by atoms with Crippen LogP contribution in [0.1, 0.15) is 17.3 Å². The first-order valence-electron chi connectivity index (χ1n) is 13.8. The highest BCUT2D eigenvalue weighted by Crippen LogP contribution is 2.40. The Labute approximate surface area is 253 Å². The number of amides is 1. The van der Waals surface area contributed by atoms with Crippen molar-refractivity contribution in [3.05, 3.63) is 100 Å². The second-order valence-electron chi connectivity index (χ2n) is 10.4. The molecule has 10 nitrogen and oxygen atoms in total. The molecule has 226 valence electrons. The van der Waals surface area contributed by atoms with Gasteiger partial charge in [0.05, 0.1) is 39.2 Å². The zero-order valence-electron chi connectivity index (χ0n) is 23.7. The number of H-pyrrole nitrogens is 1. The van der Waals surface area contributed by atoms with Crippen molar-refractivity contribution in [2.24, 2.45) is 0 Å². The molecular formula is C32H23F2N5O5S. The van der Waals surface area contributed by atoms with Gasteiger partial charge in [-0.3, -0.25) is 13.9 Å². The fourth-order valence-electron chi connectivity index (χ4n) is 5.49. The summed E-state index contributed by atoms with van der Waals surface area (Å²) in [6.07, 6.45) is 0. The second kappa shape index (κ2) is 10.3. The first kappa shape index (κ1) is 28.2. The smallest absolute Gasteiger partial charge is 0.331 e. The van der Waals surface area contributed by atoms with E-state index in [0.29, 0.717) is 49.7 Å². The number of rotatable bonds is 6. The molecule has 7 aromatic rings. The van der Waals surface area contributed by atoms with Crippen molar-refractivity contribution in [3.63, 3.8) is 0 Å². The Morgan fingerprint density at radius 3 is 2.47 bits per heavy atom. The van der Waals surface area contributed by atoms with E-state index in [4.69, 9.17) is 9.40 Å². The quantitative estimate of drug-likeness (QED) is 0.213. The lowest BCUT2D eigenvalue weighted by Gasteiger charge is -2.13. The van der Waals surface area contributed by atoms with E-state index in [9.17, 15) is 26.8 Å². The van der Waals surface area contributed by atoms with Crippen LogP contribution in [-0.4, -0.2) is 41.5 Å². The van der Waals surface area contributed by atoms with Crippen LogP contribution in [0, 0.1) is 11.6 Å². The number of furan rings is 1. The van der Waals surface area contributed by atoms with Gasteiger partial charge in [0.1, 0.15) is 28.5 Å². The number of anilines is 1. The molecule has 0 aliphatic rings. The summed E-state index contributed by atoms with van der Waals surface area (Å²) in [5, 5.41) is 3.47. The Bertz CT molecular complexity index is 2520. The van der Waals surface area contributed by atoms with Crippen molar-refractivity contribution in [3.8, 4) is 22.6 Å². The molecule has 7 rings (SSSR count). The highest BCUT2D eigenvalue weighted by Gasteiger charge is 2.25. The average molecular weight is 628 g/mol. The highest BCUT2D eigenvalue weighted by atomic mass is 32.2. The molecule has 0 saturated carbocycles. The largest absolute Gasteiger partial charge is 0.455 e. The standard InChI is InChI=1S/C32H23F2N5O5S/c1-3-45(42,43)38-24-15-27-21(28(31(40)35-2)30(44-27)16-4-6-18(33)7-5-16)14-20(24)22-9-10-23-29(36-22)26-13-17-12-19(34)8-11-25(17)39(26)32(41)37-23/h4-15,38H,3H2,1-2H3,(H,35,40)(H,37,41). The molecule has 0 spiro atoms. The number of fused-ring (bicyclic) bond motifs is 6. The molecule has 0 aliphatic heterocycles. The van der Waals surface area contributed by atoms with Gasteiger partial charge >= 0.3 is 5.69 Å². The van der Waals surface area contributed by atoms with Gasteiger partial charge in [0.25, 0.3) is 5.91 Å². The molecule has 1 amide bonds. The minimum Gasteiger partial charge on any atom is -0.455 e. The molecule has 0 unspecified atom stereocenters. The lowest BCUT2D eigenvalue weighted by molar-refractivity contribution is 0.0964. The summed E-state index contributed by atoms with van der Waals surface area (Å²) in [7, 11) is -2.32. The molecule has 3 aromatic carbocycles. The third-order valence-corrected chi connectivity index (χ3v) is 8.95. The number of nitrogens with zero attached hydrogens (tertiary/aromatic N) is 2. The fourth-order valence-corrected chi connectivity index (χ4v) is 6.14. The van der Waals surface area contributed by atoms with Gasteiger partial charge < -0.3 is 14.7 Å². The summed E-state index contributed by atoms with van der Waals surface area (Å²) in [5.41, 5.74) is 2.84. The van der Waals surface area contributed by atoms with Gasteiger partial charge in [0.15, 0.2) is 0 Å². The number of halogens is 2. The molecule has 0 atom stereocenters. The van der Waals surface area contributed by atoms with E-state index in [0.717, 1.165) is 0 Å². The van der Waals surface area contributed by atoms with Crippen molar-refractivity contribution in [2.75, 3.05) is 17.5 Å². The Balaban J connectivity index is 1.53. The molecule has 45 heavy (non-hydrogen) atoms. The van der Waals surface area contributed by atoms with E-state index in [1.807, 2.05) is 0 Å². The lowest BCUT2D eigenvalue weighted by Crippen LogP contribution is -2.18. The number of pyridine rings is 1. The predicted octanol–water partition coefficient (Wildman–Crippen LogP) is 5.81. The Kier molecular flexibility index (Phi) is 6.44. The molecule has 13 heteroatoms. The monoisotopic (exact) mass is 627 g/mol. The number of nitrogens with one attached hydrogen (secondary N) is 3. The SMILES string of the molecule is CCS(=O)(=O)Nc1cc2oc(-c3ccc(F)cc3)c(C(=O)NC)c2cc1-c1ccc2[nH]c(=O)n3c4ccc(F)cc4cc3c2n1. The Hall–Kier alpha value is -5.56. The van der Waals surface area contributed by atoms with Gasteiger partial charge in [-0.1, -0.05) is 0 Å². The van der Waals surface area contributed by atoms with E-state index in [1.54, 1.807) is 24.3 Å². The van der Waals surface area contributed by atoms with Crippen LogP contribution < -0.4 is 15.7 Å². The molecule has 3 N–H and O–H groups in total. The number of hydrogen-bond donors (Lipinski definition) is 3. The maximum atomic E-state index is 14.0. The number of hydrogen-bond acceptors (Lipinski definition) is 6. The summed E-state index contributed by atoms with van der Waals surface area (Å²) < 4.78 is 63.4. The predicted molar refractivity (Wildman–Crippen MR) is 168 cm³/mol. The van der Waals surface area contributed by atoms with Crippen LogP contribution in [0.15, 0.2) is 82.0 Å². The van der Waals surface area contributed by atoms with Gasteiger partial charge in [-0.2, -0.15) is 0 Å². The fraction of sp³-hybridized carbons (Fsp3) is 0.0938. The molecule has 0 aliphatic carbocycles. The van der Waals surface area contributed by atoms with Crippen LogP contribution in [0.4, 0.5) is 14.5 Å². The van der Waals surface area contributed by atoms with Crippen molar-refractivity contribution >= 4 is 60.0 Å². The van der Waals surface area contributed by atoms with E-state index in [2.05, 4.69) is 15.0 Å². The molecule has 4 heterocycles. The summed E-state index contributed by atoms with van der Waals surface area (Å²) in [4.78, 5) is 33.8. The van der Waals surface area contributed by atoms with Crippen molar-refractivity contribution in [2.45, 2.75) is 6.92 Å². The number of sulfonamides is 1. The summed E-state index contributed by atoms with van der Waals surface area (Å²) >= 11 is 0. The van der Waals surface area contributed by atoms with Crippen molar-refractivity contribution in [1.29, 1.82) is 0 Å². The number of carbonyl (C=O) groups is 1. The number of aromatic nitrogens is 3. The third-order valence-electron chi connectivity index (χ3n) is 7.66. The maximum absolute atomic E-state index is 14.0. The van der Waals surface area contributed by atoms with Crippen LogP contribution >= 0.6 is 0 Å². The molecule has 0 bridgehead atoms. The maximum Gasteiger partial charge on any atom is 0.331 e. The normalized spacial score (nSPS) is 12.0. The topological polar surface area (TPSA) is 139 Å². The summed E-state index contributed by atoms with van der Waals surface area (Å²) in [5.74, 6) is -1.44. The van der Waals surface area contributed by atoms with Gasteiger partial charge in [-0.05, 0) is 73.7 Å². The first-order chi connectivity index (χ1) is 21.6.